The van der Waals surface area contributed by atoms with Crippen molar-refractivity contribution < 1.29 is 13.2 Å². The zero-order chi connectivity index (χ0) is 19.2. The number of nitrogens with one attached hydrogen (secondary N) is 1. The predicted octanol–water partition coefficient (Wildman–Crippen LogP) is 4.45. The van der Waals surface area contributed by atoms with E-state index in [1.807, 2.05) is 6.07 Å². The maximum absolute atomic E-state index is 12.2. The molecule has 1 N–H and O–H groups in total. The molecule has 0 radical (unpaired) electrons. The Morgan fingerprint density at radius 2 is 1.92 bits per heavy atom. The molecule has 140 valence electrons. The van der Waals surface area contributed by atoms with Crippen molar-refractivity contribution in [1.29, 1.82) is 0 Å². The molecule has 0 aliphatic rings. The first-order chi connectivity index (χ1) is 12.3. The molecular weight excluding hydrogens is 413 g/mol. The van der Waals surface area contributed by atoms with E-state index in [-0.39, 0.29) is 24.0 Å². The first-order valence-electron chi connectivity index (χ1n) is 7.96. The fraction of sp³-hybridized carbons (Fsp3) is 0.278. The molecule has 0 bridgehead atoms. The molecule has 4 nitrogen and oxygen atoms in total. The lowest BCUT2D eigenvalue weighted by Crippen LogP contribution is -2.29. The van der Waals surface area contributed by atoms with Crippen molar-refractivity contribution in [3.8, 4) is 0 Å². The van der Waals surface area contributed by atoms with E-state index in [1.165, 1.54) is 11.8 Å². The molecule has 2 aromatic carbocycles. The van der Waals surface area contributed by atoms with Gasteiger partial charge in [0.2, 0.25) is 0 Å². The van der Waals surface area contributed by atoms with Crippen LogP contribution in [-0.2, 0) is 15.6 Å². The number of benzene rings is 2. The number of hydrogen-bond donors (Lipinski definition) is 1. The van der Waals surface area contributed by atoms with Crippen molar-refractivity contribution in [2.75, 3.05) is 18.1 Å². The van der Waals surface area contributed by atoms with Gasteiger partial charge in [-0.15, -0.1) is 11.8 Å². The molecule has 0 aliphatic heterocycles. The summed E-state index contributed by atoms with van der Waals surface area (Å²) in [6, 6.07) is 12.5. The van der Waals surface area contributed by atoms with Crippen molar-refractivity contribution >= 4 is 50.7 Å². The van der Waals surface area contributed by atoms with E-state index in [2.05, 4.69) is 5.32 Å². The third-order valence-corrected chi connectivity index (χ3v) is 7.12. The molecule has 0 spiro atoms. The molecular formula is C18H19Cl2NO3S2. The molecule has 8 heteroatoms. The van der Waals surface area contributed by atoms with E-state index in [1.54, 1.807) is 43.3 Å². The lowest BCUT2D eigenvalue weighted by molar-refractivity contribution is 0.0956. The molecule has 0 fully saturated rings. The van der Waals surface area contributed by atoms with Crippen LogP contribution in [0, 0.1) is 0 Å². The van der Waals surface area contributed by atoms with Crippen molar-refractivity contribution in [1.82, 2.24) is 5.32 Å². The summed E-state index contributed by atoms with van der Waals surface area (Å²) in [6.07, 6.45) is 0. The SMILES string of the molecule is CCS(=O)(=O)CCNC(=O)c1cccc(CSc2cc(Cl)ccc2Cl)c1. The molecule has 0 aromatic heterocycles. The fourth-order valence-corrected chi connectivity index (χ4v) is 4.26. The van der Waals surface area contributed by atoms with Crippen molar-refractivity contribution in [2.45, 2.75) is 17.6 Å². The fourth-order valence-electron chi connectivity index (χ4n) is 2.12. The monoisotopic (exact) mass is 431 g/mol. The number of carbonyl (C=O) groups excluding carboxylic acids is 1. The van der Waals surface area contributed by atoms with Crippen LogP contribution >= 0.6 is 35.0 Å². The highest BCUT2D eigenvalue weighted by Crippen LogP contribution is 2.32. The summed E-state index contributed by atoms with van der Waals surface area (Å²) in [5.41, 5.74) is 1.45. The van der Waals surface area contributed by atoms with Gasteiger partial charge in [0.25, 0.3) is 5.91 Å². The molecule has 0 atom stereocenters. The van der Waals surface area contributed by atoms with Crippen LogP contribution in [0.15, 0.2) is 47.4 Å². The highest BCUT2D eigenvalue weighted by atomic mass is 35.5. The first kappa shape index (κ1) is 21.1. The summed E-state index contributed by atoms with van der Waals surface area (Å²) >= 11 is 13.7. The lowest BCUT2D eigenvalue weighted by atomic mass is 10.1. The summed E-state index contributed by atoms with van der Waals surface area (Å²) < 4.78 is 22.9. The molecule has 0 unspecified atom stereocenters. The predicted molar refractivity (Wildman–Crippen MR) is 109 cm³/mol. The second-order valence-electron chi connectivity index (χ2n) is 5.56. The minimum absolute atomic E-state index is 0.0575. The Kier molecular flexibility index (Phi) is 7.83. The van der Waals surface area contributed by atoms with Crippen LogP contribution in [0.4, 0.5) is 0 Å². The maximum Gasteiger partial charge on any atom is 0.251 e. The van der Waals surface area contributed by atoms with Gasteiger partial charge in [-0.2, -0.15) is 0 Å². The van der Waals surface area contributed by atoms with E-state index >= 15 is 0 Å². The minimum Gasteiger partial charge on any atom is -0.351 e. The van der Waals surface area contributed by atoms with Gasteiger partial charge in [-0.05, 0) is 35.9 Å². The summed E-state index contributed by atoms with van der Waals surface area (Å²) in [5, 5.41) is 3.89. The van der Waals surface area contributed by atoms with Crippen molar-refractivity contribution in [3.63, 3.8) is 0 Å². The normalized spacial score (nSPS) is 11.3. The van der Waals surface area contributed by atoms with Crippen LogP contribution in [0.2, 0.25) is 10.0 Å². The van der Waals surface area contributed by atoms with Gasteiger partial charge in [0, 0.05) is 33.5 Å². The summed E-state index contributed by atoms with van der Waals surface area (Å²) in [4.78, 5) is 13.1. The smallest absolute Gasteiger partial charge is 0.251 e. The molecule has 0 aliphatic carbocycles. The van der Waals surface area contributed by atoms with Crippen LogP contribution in [0.1, 0.15) is 22.8 Å². The van der Waals surface area contributed by atoms with Gasteiger partial charge in [0.05, 0.1) is 10.8 Å². The maximum atomic E-state index is 12.2. The van der Waals surface area contributed by atoms with Crippen LogP contribution < -0.4 is 5.32 Å². The minimum atomic E-state index is -3.09. The number of amides is 1. The number of sulfone groups is 1. The zero-order valence-electron chi connectivity index (χ0n) is 14.2. The molecule has 2 rings (SSSR count). The standard InChI is InChI=1S/C18H19Cl2NO3S2/c1-2-26(23,24)9-8-21-18(22)14-5-3-4-13(10-14)12-25-17-11-15(19)6-7-16(17)20/h3-7,10-11H,2,8-9,12H2,1H3,(H,21,22). The highest BCUT2D eigenvalue weighted by Gasteiger charge is 2.10. The Morgan fingerprint density at radius 1 is 1.15 bits per heavy atom. The number of thioether (sulfide) groups is 1. The topological polar surface area (TPSA) is 63.2 Å². The third kappa shape index (κ3) is 6.50. The van der Waals surface area contributed by atoms with E-state index < -0.39 is 9.84 Å². The van der Waals surface area contributed by atoms with Crippen LogP contribution in [0.5, 0.6) is 0 Å². The molecule has 1 amide bonds. The number of rotatable bonds is 8. The van der Waals surface area contributed by atoms with Gasteiger partial charge in [-0.1, -0.05) is 42.3 Å². The van der Waals surface area contributed by atoms with Gasteiger partial charge in [-0.25, -0.2) is 8.42 Å². The Balaban J connectivity index is 1.96. The quantitative estimate of drug-likeness (QED) is 0.626. The van der Waals surface area contributed by atoms with Crippen LogP contribution in [-0.4, -0.2) is 32.4 Å². The Bertz CT molecular complexity index is 886. The Labute approximate surface area is 168 Å². The van der Waals surface area contributed by atoms with E-state index in [4.69, 9.17) is 23.2 Å². The number of halogens is 2. The Hall–Kier alpha value is -1.21. The third-order valence-electron chi connectivity index (χ3n) is 3.62. The van der Waals surface area contributed by atoms with E-state index in [0.29, 0.717) is 21.4 Å². The highest BCUT2D eigenvalue weighted by molar-refractivity contribution is 7.98. The Morgan fingerprint density at radius 3 is 2.65 bits per heavy atom. The molecule has 26 heavy (non-hydrogen) atoms. The average Bonchev–Trinajstić information content (AvgIpc) is 2.62. The summed E-state index contributed by atoms with van der Waals surface area (Å²) in [6.45, 7) is 1.69. The van der Waals surface area contributed by atoms with E-state index in [9.17, 15) is 13.2 Å². The van der Waals surface area contributed by atoms with Crippen LogP contribution in [0.25, 0.3) is 0 Å². The second-order valence-corrected chi connectivity index (χ2v) is 9.89. The largest absolute Gasteiger partial charge is 0.351 e. The van der Waals surface area contributed by atoms with Gasteiger partial charge in [0.15, 0.2) is 9.84 Å². The molecule has 0 saturated heterocycles. The molecule has 2 aromatic rings. The van der Waals surface area contributed by atoms with Crippen molar-refractivity contribution in [3.05, 3.63) is 63.6 Å². The van der Waals surface area contributed by atoms with Crippen molar-refractivity contribution in [2.24, 2.45) is 0 Å². The lowest BCUT2D eigenvalue weighted by Gasteiger charge is -2.08. The van der Waals surface area contributed by atoms with E-state index in [0.717, 1.165) is 10.5 Å². The average molecular weight is 432 g/mol. The van der Waals surface area contributed by atoms with Gasteiger partial charge >= 0.3 is 0 Å². The molecule has 0 heterocycles. The second kappa shape index (κ2) is 9.65. The van der Waals surface area contributed by atoms with Gasteiger partial charge in [-0.3, -0.25) is 4.79 Å². The van der Waals surface area contributed by atoms with Crippen LogP contribution in [0.3, 0.4) is 0 Å². The zero-order valence-corrected chi connectivity index (χ0v) is 17.3. The molecule has 0 saturated carbocycles. The first-order valence-corrected chi connectivity index (χ1v) is 11.5. The summed E-state index contributed by atoms with van der Waals surface area (Å²) in [5.74, 6) is 0.356. The summed E-state index contributed by atoms with van der Waals surface area (Å²) in [7, 11) is -3.09. The van der Waals surface area contributed by atoms with Gasteiger partial charge in [0.1, 0.15) is 0 Å². The number of carbonyl (C=O) groups is 1. The van der Waals surface area contributed by atoms with Gasteiger partial charge < -0.3 is 5.32 Å². The number of hydrogen-bond acceptors (Lipinski definition) is 4.